The molecule has 1 heterocycles. The Labute approximate surface area is 161 Å². The van der Waals surface area contributed by atoms with Crippen molar-refractivity contribution in [1.29, 1.82) is 0 Å². The number of aryl methyl sites for hydroxylation is 1. The highest BCUT2D eigenvalue weighted by molar-refractivity contribution is 7.89. The minimum atomic E-state index is -3.72. The molecule has 5 nitrogen and oxygen atoms in total. The molecule has 3 aromatic rings. The Hall–Kier alpha value is -2.28. The Balaban J connectivity index is 1.72. The third kappa shape index (κ3) is 4.27. The quantitative estimate of drug-likeness (QED) is 0.483. The second kappa shape index (κ2) is 7.53. The van der Waals surface area contributed by atoms with Crippen LogP contribution in [0.5, 0.6) is 0 Å². The second-order valence-corrected chi connectivity index (χ2v) is 7.97. The van der Waals surface area contributed by atoms with Crippen LogP contribution in [0.4, 0.5) is 0 Å². The summed E-state index contributed by atoms with van der Waals surface area (Å²) in [5.74, 6) is 0.948. The number of nitrogens with zero attached hydrogens (tertiary/aromatic N) is 1. The van der Waals surface area contributed by atoms with Gasteiger partial charge in [0, 0.05) is 5.56 Å². The predicted octanol–water partition coefficient (Wildman–Crippen LogP) is 4.87. The number of benzene rings is 2. The Morgan fingerprint density at radius 3 is 2.42 bits per heavy atom. The lowest BCUT2D eigenvalue weighted by molar-refractivity contribution is 0.573. The first-order valence-corrected chi connectivity index (χ1v) is 9.76. The van der Waals surface area contributed by atoms with Crippen LogP contribution in [0.2, 0.25) is 10.0 Å². The molecule has 3 rings (SSSR count). The highest BCUT2D eigenvalue weighted by Crippen LogP contribution is 2.29. The van der Waals surface area contributed by atoms with Crippen molar-refractivity contribution in [1.82, 2.24) is 4.83 Å². The number of hydrazone groups is 1. The lowest BCUT2D eigenvalue weighted by atomic mass is 10.2. The summed E-state index contributed by atoms with van der Waals surface area (Å²) in [5, 5.41) is 4.62. The monoisotopic (exact) mass is 408 g/mol. The van der Waals surface area contributed by atoms with E-state index in [4.69, 9.17) is 27.6 Å². The molecule has 134 valence electrons. The van der Waals surface area contributed by atoms with Crippen LogP contribution in [-0.2, 0) is 10.0 Å². The van der Waals surface area contributed by atoms with Crippen LogP contribution < -0.4 is 4.83 Å². The highest BCUT2D eigenvalue weighted by atomic mass is 35.5. The highest BCUT2D eigenvalue weighted by Gasteiger charge is 2.12. The van der Waals surface area contributed by atoms with E-state index in [1.165, 1.54) is 18.3 Å². The Morgan fingerprint density at radius 1 is 1.00 bits per heavy atom. The second-order valence-electron chi connectivity index (χ2n) is 5.50. The Bertz CT molecular complexity index is 1060. The number of hydrogen-bond acceptors (Lipinski definition) is 4. The number of rotatable bonds is 5. The molecule has 0 bridgehead atoms. The first-order chi connectivity index (χ1) is 12.3. The van der Waals surface area contributed by atoms with Gasteiger partial charge in [-0.3, -0.25) is 0 Å². The van der Waals surface area contributed by atoms with Crippen LogP contribution in [0.25, 0.3) is 11.3 Å². The molecule has 0 radical (unpaired) electrons. The van der Waals surface area contributed by atoms with Crippen molar-refractivity contribution < 1.29 is 12.8 Å². The van der Waals surface area contributed by atoms with E-state index in [1.54, 1.807) is 42.5 Å². The summed E-state index contributed by atoms with van der Waals surface area (Å²) in [6, 6.07) is 15.0. The van der Waals surface area contributed by atoms with Gasteiger partial charge in [-0.05, 0) is 49.4 Å². The molecule has 0 aliphatic rings. The summed E-state index contributed by atoms with van der Waals surface area (Å²) in [7, 11) is -3.72. The van der Waals surface area contributed by atoms with Gasteiger partial charge in [0.15, 0.2) is 0 Å². The lowest BCUT2D eigenvalue weighted by Crippen LogP contribution is -2.18. The Morgan fingerprint density at radius 2 is 1.73 bits per heavy atom. The summed E-state index contributed by atoms with van der Waals surface area (Å²) < 4.78 is 29.9. The van der Waals surface area contributed by atoms with Crippen LogP contribution in [0.1, 0.15) is 11.3 Å². The molecule has 8 heteroatoms. The molecule has 0 fully saturated rings. The minimum absolute atomic E-state index is 0.135. The molecule has 26 heavy (non-hydrogen) atoms. The van der Waals surface area contributed by atoms with Crippen LogP contribution >= 0.6 is 23.2 Å². The van der Waals surface area contributed by atoms with Crippen molar-refractivity contribution in [2.75, 3.05) is 0 Å². The van der Waals surface area contributed by atoms with Gasteiger partial charge in [-0.2, -0.15) is 18.4 Å². The first kappa shape index (κ1) is 18.5. The van der Waals surface area contributed by atoms with Crippen LogP contribution in [0.3, 0.4) is 0 Å². The summed E-state index contributed by atoms with van der Waals surface area (Å²) in [5.41, 5.74) is 1.72. The molecule has 0 saturated heterocycles. The van der Waals surface area contributed by atoms with Crippen molar-refractivity contribution in [2.45, 2.75) is 11.8 Å². The fourth-order valence-electron chi connectivity index (χ4n) is 2.16. The van der Waals surface area contributed by atoms with Gasteiger partial charge in [-0.25, -0.2) is 0 Å². The maximum atomic E-state index is 12.1. The molecular formula is C18H14Cl2N2O3S. The normalized spacial score (nSPS) is 11.8. The van der Waals surface area contributed by atoms with E-state index in [0.717, 1.165) is 11.1 Å². The van der Waals surface area contributed by atoms with Gasteiger partial charge in [0.2, 0.25) is 0 Å². The van der Waals surface area contributed by atoms with Crippen molar-refractivity contribution in [3.8, 4) is 11.3 Å². The summed E-state index contributed by atoms with van der Waals surface area (Å²) in [6.45, 7) is 1.88. The Kier molecular flexibility index (Phi) is 5.36. The first-order valence-electron chi connectivity index (χ1n) is 7.52. The van der Waals surface area contributed by atoms with Crippen LogP contribution in [0, 0.1) is 6.92 Å². The predicted molar refractivity (Wildman–Crippen MR) is 103 cm³/mol. The molecule has 0 amide bonds. The average Bonchev–Trinajstić information content (AvgIpc) is 3.06. The number of furan rings is 1. The molecule has 0 atom stereocenters. The maximum Gasteiger partial charge on any atom is 0.276 e. The number of nitrogens with one attached hydrogen (secondary N) is 1. The van der Waals surface area contributed by atoms with Gasteiger partial charge in [0.1, 0.15) is 11.5 Å². The zero-order valence-corrected chi connectivity index (χ0v) is 15.9. The average molecular weight is 409 g/mol. The number of hydrogen-bond donors (Lipinski definition) is 1. The zero-order valence-electron chi connectivity index (χ0n) is 13.6. The van der Waals surface area contributed by atoms with Gasteiger partial charge in [-0.15, -0.1) is 0 Å². The standard InChI is InChI=1S/C18H14Cl2N2O3S/c1-12-2-6-15(7-3-12)26(23,24)22-21-11-14-5-9-18(25-14)13-4-8-16(19)17(20)10-13/h2-11,22H,1H3. The van der Waals surface area contributed by atoms with E-state index in [2.05, 4.69) is 9.93 Å². The molecule has 1 N–H and O–H groups in total. The minimum Gasteiger partial charge on any atom is -0.455 e. The molecular weight excluding hydrogens is 395 g/mol. The molecule has 2 aromatic carbocycles. The molecule has 0 aliphatic carbocycles. The third-order valence-corrected chi connectivity index (χ3v) is 5.50. The molecule has 0 saturated carbocycles. The lowest BCUT2D eigenvalue weighted by Gasteiger charge is -2.03. The smallest absolute Gasteiger partial charge is 0.276 e. The van der Waals surface area contributed by atoms with Crippen molar-refractivity contribution in [3.05, 3.63) is 76.0 Å². The largest absolute Gasteiger partial charge is 0.455 e. The van der Waals surface area contributed by atoms with Gasteiger partial charge >= 0.3 is 0 Å². The van der Waals surface area contributed by atoms with Crippen LogP contribution in [0.15, 0.2) is 69.0 Å². The zero-order chi connectivity index (χ0) is 18.7. The summed E-state index contributed by atoms with van der Waals surface area (Å²) in [6.07, 6.45) is 1.28. The van der Waals surface area contributed by atoms with Crippen molar-refractivity contribution in [2.24, 2.45) is 5.10 Å². The summed E-state index contributed by atoms with van der Waals surface area (Å²) >= 11 is 11.9. The molecule has 1 aromatic heterocycles. The van der Waals surface area contributed by atoms with E-state index in [1.807, 2.05) is 6.92 Å². The van der Waals surface area contributed by atoms with E-state index < -0.39 is 10.0 Å². The maximum absolute atomic E-state index is 12.1. The van der Waals surface area contributed by atoms with Gasteiger partial charge < -0.3 is 4.42 Å². The van der Waals surface area contributed by atoms with Gasteiger partial charge in [0.05, 0.1) is 21.2 Å². The number of sulfonamides is 1. The summed E-state index contributed by atoms with van der Waals surface area (Å²) in [4.78, 5) is 2.29. The van der Waals surface area contributed by atoms with Crippen molar-refractivity contribution in [3.63, 3.8) is 0 Å². The van der Waals surface area contributed by atoms with Crippen molar-refractivity contribution >= 4 is 39.4 Å². The van der Waals surface area contributed by atoms with Gasteiger partial charge in [-0.1, -0.05) is 40.9 Å². The molecule has 0 unspecified atom stereocenters. The molecule has 0 aliphatic heterocycles. The van der Waals surface area contributed by atoms with E-state index in [9.17, 15) is 8.42 Å². The van der Waals surface area contributed by atoms with E-state index >= 15 is 0 Å². The fraction of sp³-hybridized carbons (Fsp3) is 0.0556. The van der Waals surface area contributed by atoms with Gasteiger partial charge in [0.25, 0.3) is 10.0 Å². The van der Waals surface area contributed by atoms with E-state index in [0.29, 0.717) is 21.6 Å². The number of halogens is 2. The van der Waals surface area contributed by atoms with E-state index in [-0.39, 0.29) is 4.90 Å². The topological polar surface area (TPSA) is 71.7 Å². The fourth-order valence-corrected chi connectivity index (χ4v) is 3.25. The SMILES string of the molecule is Cc1ccc(S(=O)(=O)NN=Cc2ccc(-c3ccc(Cl)c(Cl)c3)o2)cc1. The third-order valence-electron chi connectivity index (χ3n) is 3.53. The molecule has 0 spiro atoms. The van der Waals surface area contributed by atoms with Crippen LogP contribution in [-0.4, -0.2) is 14.6 Å².